The predicted octanol–water partition coefficient (Wildman–Crippen LogP) is 6.46. The zero-order valence-corrected chi connectivity index (χ0v) is 13.9. The Morgan fingerprint density at radius 2 is 1.50 bits per heavy atom. The highest BCUT2D eigenvalue weighted by molar-refractivity contribution is 5.70. The molecule has 0 saturated heterocycles. The van der Waals surface area contributed by atoms with Crippen LogP contribution in [0.4, 0.5) is 0 Å². The fraction of sp³-hybridized carbons (Fsp3) is 0.261. The van der Waals surface area contributed by atoms with E-state index in [4.69, 9.17) is 1.37 Å². The molecule has 0 unspecified atom stereocenters. The summed E-state index contributed by atoms with van der Waals surface area (Å²) >= 11 is 0. The average Bonchev–Trinajstić information content (AvgIpc) is 2.69. The number of hydrogen-bond acceptors (Lipinski definition) is 1. The summed E-state index contributed by atoms with van der Waals surface area (Å²) < 4.78 is 8.77. The van der Waals surface area contributed by atoms with Gasteiger partial charge in [-0.2, -0.15) is 0 Å². The Kier molecular flexibility index (Phi) is 4.08. The third-order valence-electron chi connectivity index (χ3n) is 4.91. The molecule has 1 aliphatic carbocycles. The standard InChI is InChI=1S/C23H23N/c1-3-7-18(8-4-1)19-11-13-20(14-12-19)22-15-16-24-23(17-22)21-9-5-2-6-10-21/h2,5-6,9-18H,1,3-4,7-8H2/i18D. The van der Waals surface area contributed by atoms with E-state index < -0.39 is 0 Å². The molecule has 0 bridgehead atoms. The molecule has 0 radical (unpaired) electrons. The fourth-order valence-corrected chi connectivity index (χ4v) is 3.54. The number of rotatable bonds is 3. The van der Waals surface area contributed by atoms with Gasteiger partial charge in [0, 0.05) is 13.1 Å². The normalized spacial score (nSPS) is 17.2. The van der Waals surface area contributed by atoms with Gasteiger partial charge in [0.15, 0.2) is 0 Å². The van der Waals surface area contributed by atoms with Crippen LogP contribution >= 0.6 is 0 Å². The topological polar surface area (TPSA) is 12.9 Å². The van der Waals surface area contributed by atoms with E-state index in [1.165, 1.54) is 30.4 Å². The fourth-order valence-electron chi connectivity index (χ4n) is 3.54. The van der Waals surface area contributed by atoms with E-state index in [0.717, 1.165) is 29.7 Å². The number of aromatic nitrogens is 1. The van der Waals surface area contributed by atoms with Gasteiger partial charge in [-0.15, -0.1) is 0 Å². The van der Waals surface area contributed by atoms with Crippen molar-refractivity contribution in [3.05, 3.63) is 78.5 Å². The largest absolute Gasteiger partial charge is 0.256 e. The monoisotopic (exact) mass is 314 g/mol. The predicted molar refractivity (Wildman–Crippen MR) is 101 cm³/mol. The summed E-state index contributed by atoms with van der Waals surface area (Å²) in [5, 5.41) is 0. The summed E-state index contributed by atoms with van der Waals surface area (Å²) in [6.45, 7) is 0. The molecule has 1 saturated carbocycles. The van der Waals surface area contributed by atoms with Crippen LogP contribution in [0.25, 0.3) is 22.4 Å². The average molecular weight is 314 g/mol. The van der Waals surface area contributed by atoms with Crippen LogP contribution in [0.3, 0.4) is 0 Å². The van der Waals surface area contributed by atoms with Crippen LogP contribution in [-0.2, 0) is 0 Å². The van der Waals surface area contributed by atoms with E-state index >= 15 is 0 Å². The van der Waals surface area contributed by atoms with E-state index in [2.05, 4.69) is 53.5 Å². The zero-order chi connectivity index (χ0) is 17.1. The summed E-state index contributed by atoms with van der Waals surface area (Å²) in [7, 11) is 0. The lowest BCUT2D eigenvalue weighted by Crippen LogP contribution is -2.04. The van der Waals surface area contributed by atoms with Crippen LogP contribution in [0.15, 0.2) is 72.9 Å². The minimum absolute atomic E-state index is 0.385. The summed E-state index contributed by atoms with van der Waals surface area (Å²) in [4.78, 5) is 4.51. The molecule has 4 rings (SSSR count). The molecular formula is C23H23N. The summed E-state index contributed by atoms with van der Waals surface area (Å²) in [5.74, 6) is -0.385. The quantitative estimate of drug-likeness (QED) is 0.540. The van der Waals surface area contributed by atoms with E-state index in [0.29, 0.717) is 0 Å². The molecular weight excluding hydrogens is 290 g/mol. The molecule has 1 aliphatic rings. The first-order chi connectivity index (χ1) is 12.2. The van der Waals surface area contributed by atoms with E-state index in [-0.39, 0.29) is 5.89 Å². The van der Waals surface area contributed by atoms with Gasteiger partial charge in [0.1, 0.15) is 0 Å². The summed E-state index contributed by atoms with van der Waals surface area (Å²) in [6, 6.07) is 23.1. The zero-order valence-electron chi connectivity index (χ0n) is 14.9. The molecule has 1 fully saturated rings. The van der Waals surface area contributed by atoms with E-state index in [9.17, 15) is 0 Å². The molecule has 0 atom stereocenters. The molecule has 0 amide bonds. The summed E-state index contributed by atoms with van der Waals surface area (Å²) in [6.07, 6.45) is 7.47. The Hall–Kier alpha value is -2.41. The van der Waals surface area contributed by atoms with Crippen LogP contribution in [-0.4, -0.2) is 4.98 Å². The van der Waals surface area contributed by atoms with Gasteiger partial charge in [0.25, 0.3) is 0 Å². The number of pyridine rings is 1. The first kappa shape index (κ1) is 14.0. The van der Waals surface area contributed by atoms with Crippen molar-refractivity contribution in [2.24, 2.45) is 0 Å². The third-order valence-corrected chi connectivity index (χ3v) is 4.91. The van der Waals surface area contributed by atoms with Crippen molar-refractivity contribution in [2.45, 2.75) is 38.0 Å². The highest BCUT2D eigenvalue weighted by Crippen LogP contribution is 2.33. The minimum Gasteiger partial charge on any atom is -0.256 e. The lowest BCUT2D eigenvalue weighted by Gasteiger charge is -2.22. The maximum atomic E-state index is 8.77. The van der Waals surface area contributed by atoms with Crippen LogP contribution in [0.2, 0.25) is 0 Å². The Balaban J connectivity index is 1.62. The smallest absolute Gasteiger partial charge is 0.0708 e. The second-order valence-electron chi connectivity index (χ2n) is 6.54. The lowest BCUT2D eigenvalue weighted by molar-refractivity contribution is 0.443. The Bertz CT molecular complexity index is 833. The van der Waals surface area contributed by atoms with Gasteiger partial charge in [0.05, 0.1) is 5.69 Å². The summed E-state index contributed by atoms with van der Waals surface area (Å²) in [5.41, 5.74) is 5.64. The second-order valence-corrected chi connectivity index (χ2v) is 6.54. The SMILES string of the molecule is [2H]C1(c2ccc(-c3ccnc(-c4ccccc4)c3)cc2)CCCCC1. The minimum atomic E-state index is -0.385. The molecule has 1 aromatic heterocycles. The molecule has 0 spiro atoms. The Labute approximate surface area is 145 Å². The molecule has 1 heteroatoms. The van der Waals surface area contributed by atoms with Crippen molar-refractivity contribution in [1.82, 2.24) is 4.98 Å². The Morgan fingerprint density at radius 3 is 2.25 bits per heavy atom. The first-order valence-corrected chi connectivity index (χ1v) is 8.87. The van der Waals surface area contributed by atoms with Crippen molar-refractivity contribution in [3.63, 3.8) is 0 Å². The van der Waals surface area contributed by atoms with Gasteiger partial charge >= 0.3 is 0 Å². The van der Waals surface area contributed by atoms with Gasteiger partial charge in [-0.25, -0.2) is 0 Å². The molecule has 0 N–H and O–H groups in total. The number of benzene rings is 2. The molecule has 1 nitrogen and oxygen atoms in total. The number of nitrogens with zero attached hydrogens (tertiary/aromatic N) is 1. The van der Waals surface area contributed by atoms with Crippen LogP contribution in [0, 0.1) is 0 Å². The molecule has 24 heavy (non-hydrogen) atoms. The van der Waals surface area contributed by atoms with Gasteiger partial charge in [-0.1, -0.05) is 73.9 Å². The first-order valence-electron chi connectivity index (χ1n) is 9.37. The van der Waals surface area contributed by atoms with Crippen molar-refractivity contribution >= 4 is 0 Å². The van der Waals surface area contributed by atoms with Gasteiger partial charge in [-0.3, -0.25) is 4.98 Å². The van der Waals surface area contributed by atoms with Crippen molar-refractivity contribution < 1.29 is 1.37 Å². The maximum Gasteiger partial charge on any atom is 0.0708 e. The van der Waals surface area contributed by atoms with Gasteiger partial charge in [0.2, 0.25) is 0 Å². The second kappa shape index (κ2) is 7.00. The highest BCUT2D eigenvalue weighted by Gasteiger charge is 2.15. The van der Waals surface area contributed by atoms with Crippen molar-refractivity contribution in [1.29, 1.82) is 0 Å². The molecule has 1 heterocycles. The van der Waals surface area contributed by atoms with Crippen LogP contribution in [0.1, 0.15) is 44.9 Å². The van der Waals surface area contributed by atoms with E-state index in [1.807, 2.05) is 24.4 Å². The molecule has 2 aromatic carbocycles. The lowest BCUT2D eigenvalue weighted by atomic mass is 9.84. The van der Waals surface area contributed by atoms with Gasteiger partial charge < -0.3 is 0 Å². The molecule has 120 valence electrons. The van der Waals surface area contributed by atoms with E-state index in [1.54, 1.807) is 0 Å². The van der Waals surface area contributed by atoms with Crippen molar-refractivity contribution in [3.8, 4) is 22.4 Å². The number of hydrogen-bond donors (Lipinski definition) is 0. The van der Waals surface area contributed by atoms with Gasteiger partial charge in [-0.05, 0) is 47.6 Å². The van der Waals surface area contributed by atoms with Crippen molar-refractivity contribution in [2.75, 3.05) is 0 Å². The molecule has 0 aliphatic heterocycles. The third kappa shape index (κ3) is 3.26. The maximum absolute atomic E-state index is 8.77. The van der Waals surface area contributed by atoms with Crippen LogP contribution < -0.4 is 0 Å². The highest BCUT2D eigenvalue weighted by atomic mass is 14.7. The molecule has 3 aromatic rings. The Morgan fingerprint density at radius 1 is 0.750 bits per heavy atom. The van der Waals surface area contributed by atoms with Crippen LogP contribution in [0.5, 0.6) is 0 Å².